The molecule has 1 amide bonds. The summed E-state index contributed by atoms with van der Waals surface area (Å²) < 4.78 is 4.98. The molecule has 7 heteroatoms. The standard InChI is InChI=1S/C15H14ClN3O3/c1-9-3-4-10(7-17-9)15(21)19-18-8-11-5-12(16)6-13(22-2)14(11)20/h3-8,20H,1-2H3,(H,19,21)/b18-8+. The van der Waals surface area contributed by atoms with Gasteiger partial charge in [-0.15, -0.1) is 0 Å². The van der Waals surface area contributed by atoms with E-state index >= 15 is 0 Å². The maximum absolute atomic E-state index is 11.8. The molecule has 0 radical (unpaired) electrons. The van der Waals surface area contributed by atoms with Gasteiger partial charge in [0.2, 0.25) is 0 Å². The molecule has 0 aliphatic heterocycles. The Kier molecular flexibility index (Phi) is 4.95. The summed E-state index contributed by atoms with van der Waals surface area (Å²) in [5.74, 6) is -0.290. The number of methoxy groups -OCH3 is 1. The molecule has 0 aliphatic rings. The second kappa shape index (κ2) is 6.91. The maximum Gasteiger partial charge on any atom is 0.272 e. The topological polar surface area (TPSA) is 83.8 Å². The molecule has 0 fully saturated rings. The molecular weight excluding hydrogens is 306 g/mol. The first kappa shape index (κ1) is 15.8. The van der Waals surface area contributed by atoms with E-state index < -0.39 is 5.91 Å². The number of ether oxygens (including phenoxy) is 1. The largest absolute Gasteiger partial charge is 0.504 e. The second-order valence-corrected chi connectivity index (χ2v) is 4.87. The van der Waals surface area contributed by atoms with E-state index in [1.165, 1.54) is 31.7 Å². The molecule has 0 unspecified atom stereocenters. The van der Waals surface area contributed by atoms with Gasteiger partial charge in [0.15, 0.2) is 11.5 Å². The zero-order valence-electron chi connectivity index (χ0n) is 12.0. The van der Waals surface area contributed by atoms with Crippen LogP contribution in [-0.4, -0.2) is 29.3 Å². The van der Waals surface area contributed by atoms with E-state index in [-0.39, 0.29) is 11.5 Å². The number of benzene rings is 1. The van der Waals surface area contributed by atoms with Crippen LogP contribution in [0.2, 0.25) is 5.02 Å². The number of carbonyl (C=O) groups is 1. The highest BCUT2D eigenvalue weighted by molar-refractivity contribution is 6.31. The third kappa shape index (κ3) is 3.73. The third-order valence-corrected chi connectivity index (χ3v) is 3.05. The fraction of sp³-hybridized carbons (Fsp3) is 0.133. The van der Waals surface area contributed by atoms with Gasteiger partial charge in [-0.05, 0) is 25.1 Å². The third-order valence-electron chi connectivity index (χ3n) is 2.83. The number of hydrogen-bond donors (Lipinski definition) is 2. The highest BCUT2D eigenvalue weighted by Crippen LogP contribution is 2.32. The Bertz CT molecular complexity index is 715. The molecule has 6 nitrogen and oxygen atoms in total. The summed E-state index contributed by atoms with van der Waals surface area (Å²) in [6.45, 7) is 1.83. The van der Waals surface area contributed by atoms with E-state index in [4.69, 9.17) is 16.3 Å². The molecule has 2 N–H and O–H groups in total. The van der Waals surface area contributed by atoms with Crippen LogP contribution in [0.1, 0.15) is 21.6 Å². The Morgan fingerprint density at radius 1 is 1.45 bits per heavy atom. The van der Waals surface area contributed by atoms with Crippen molar-refractivity contribution in [2.75, 3.05) is 7.11 Å². The van der Waals surface area contributed by atoms with Crippen LogP contribution in [0.4, 0.5) is 0 Å². The number of nitrogens with one attached hydrogen (secondary N) is 1. The van der Waals surface area contributed by atoms with Gasteiger partial charge in [0, 0.05) is 28.5 Å². The van der Waals surface area contributed by atoms with E-state index in [1.807, 2.05) is 6.92 Å². The number of phenolic OH excluding ortho intramolecular Hbond substituents is 1. The van der Waals surface area contributed by atoms with Crippen molar-refractivity contribution in [1.29, 1.82) is 0 Å². The second-order valence-electron chi connectivity index (χ2n) is 4.43. The molecule has 0 spiro atoms. The SMILES string of the molecule is COc1cc(Cl)cc(/C=N/NC(=O)c2ccc(C)nc2)c1O. The van der Waals surface area contributed by atoms with Gasteiger partial charge in [-0.25, -0.2) is 5.43 Å². The summed E-state index contributed by atoms with van der Waals surface area (Å²) in [4.78, 5) is 15.9. The van der Waals surface area contributed by atoms with Crippen molar-refractivity contribution >= 4 is 23.7 Å². The van der Waals surface area contributed by atoms with Gasteiger partial charge in [0.1, 0.15) is 0 Å². The number of hydrogen-bond acceptors (Lipinski definition) is 5. The molecule has 1 aromatic heterocycles. The molecule has 1 aromatic carbocycles. The molecule has 2 rings (SSSR count). The van der Waals surface area contributed by atoms with Gasteiger partial charge in [-0.2, -0.15) is 5.10 Å². The van der Waals surface area contributed by atoms with Crippen LogP contribution in [0.5, 0.6) is 11.5 Å². The molecule has 0 saturated carbocycles. The number of hydrazone groups is 1. The normalized spacial score (nSPS) is 10.7. The summed E-state index contributed by atoms with van der Waals surface area (Å²) in [6.07, 6.45) is 2.74. The van der Waals surface area contributed by atoms with E-state index in [2.05, 4.69) is 15.5 Å². The monoisotopic (exact) mass is 319 g/mol. The number of amides is 1. The highest BCUT2D eigenvalue weighted by atomic mass is 35.5. The minimum Gasteiger partial charge on any atom is -0.504 e. The van der Waals surface area contributed by atoms with Crippen molar-refractivity contribution in [3.8, 4) is 11.5 Å². The van der Waals surface area contributed by atoms with Gasteiger partial charge in [0.05, 0.1) is 18.9 Å². The number of aromatic hydroxyl groups is 1. The number of halogens is 1. The van der Waals surface area contributed by atoms with Gasteiger partial charge >= 0.3 is 0 Å². The molecule has 22 heavy (non-hydrogen) atoms. The number of pyridine rings is 1. The maximum atomic E-state index is 11.8. The van der Waals surface area contributed by atoms with Crippen LogP contribution in [0.15, 0.2) is 35.6 Å². The van der Waals surface area contributed by atoms with Crippen LogP contribution >= 0.6 is 11.6 Å². The van der Waals surface area contributed by atoms with E-state index in [1.54, 1.807) is 12.1 Å². The average molecular weight is 320 g/mol. The van der Waals surface area contributed by atoms with Gasteiger partial charge < -0.3 is 9.84 Å². The van der Waals surface area contributed by atoms with Crippen LogP contribution in [-0.2, 0) is 0 Å². The smallest absolute Gasteiger partial charge is 0.272 e. The van der Waals surface area contributed by atoms with Crippen LogP contribution < -0.4 is 10.2 Å². The fourth-order valence-electron chi connectivity index (χ4n) is 1.68. The summed E-state index contributed by atoms with van der Waals surface area (Å²) >= 11 is 5.90. The van der Waals surface area contributed by atoms with Gasteiger partial charge in [-0.1, -0.05) is 11.6 Å². The van der Waals surface area contributed by atoms with Crippen molar-refractivity contribution in [3.63, 3.8) is 0 Å². The fourth-order valence-corrected chi connectivity index (χ4v) is 1.89. The Hall–Kier alpha value is -2.60. The van der Waals surface area contributed by atoms with Gasteiger partial charge in [0.25, 0.3) is 5.91 Å². The van der Waals surface area contributed by atoms with Crippen LogP contribution in [0.25, 0.3) is 0 Å². The Labute approximate surface area is 132 Å². The lowest BCUT2D eigenvalue weighted by molar-refractivity contribution is 0.0954. The molecule has 0 aliphatic carbocycles. The number of nitrogens with zero attached hydrogens (tertiary/aromatic N) is 2. The number of carbonyl (C=O) groups excluding carboxylic acids is 1. The number of aromatic nitrogens is 1. The molecule has 2 aromatic rings. The molecular formula is C15H14ClN3O3. The minimum absolute atomic E-state index is 0.109. The molecule has 114 valence electrons. The summed E-state index contributed by atoms with van der Waals surface area (Å²) in [6, 6.07) is 6.35. The first-order valence-corrected chi connectivity index (χ1v) is 6.71. The molecule has 1 heterocycles. The zero-order valence-corrected chi connectivity index (χ0v) is 12.8. The first-order valence-electron chi connectivity index (χ1n) is 6.34. The van der Waals surface area contributed by atoms with Crippen LogP contribution in [0, 0.1) is 6.92 Å². The molecule has 0 bridgehead atoms. The highest BCUT2D eigenvalue weighted by Gasteiger charge is 2.09. The van der Waals surface area contributed by atoms with E-state index in [0.717, 1.165) is 5.69 Å². The Morgan fingerprint density at radius 2 is 2.23 bits per heavy atom. The quantitative estimate of drug-likeness (QED) is 0.670. The molecule has 0 atom stereocenters. The minimum atomic E-state index is -0.405. The van der Waals surface area contributed by atoms with E-state index in [9.17, 15) is 9.90 Å². The first-order chi connectivity index (χ1) is 10.5. The number of rotatable bonds is 4. The number of aryl methyl sites for hydroxylation is 1. The lowest BCUT2D eigenvalue weighted by atomic mass is 10.2. The Morgan fingerprint density at radius 3 is 2.86 bits per heavy atom. The van der Waals surface area contributed by atoms with E-state index in [0.29, 0.717) is 16.1 Å². The number of phenols is 1. The van der Waals surface area contributed by atoms with Crippen molar-refractivity contribution < 1.29 is 14.6 Å². The van der Waals surface area contributed by atoms with Crippen molar-refractivity contribution in [1.82, 2.24) is 10.4 Å². The summed E-state index contributed by atoms with van der Waals surface area (Å²) in [5.41, 5.74) is 3.87. The summed E-state index contributed by atoms with van der Waals surface area (Å²) in [5, 5.41) is 14.1. The van der Waals surface area contributed by atoms with Crippen molar-refractivity contribution in [2.24, 2.45) is 5.10 Å². The Balaban J connectivity index is 2.11. The summed E-state index contributed by atoms with van der Waals surface area (Å²) in [7, 11) is 1.42. The average Bonchev–Trinajstić information content (AvgIpc) is 2.50. The van der Waals surface area contributed by atoms with Crippen molar-refractivity contribution in [2.45, 2.75) is 6.92 Å². The van der Waals surface area contributed by atoms with Gasteiger partial charge in [-0.3, -0.25) is 9.78 Å². The predicted octanol–water partition coefficient (Wildman–Crippen LogP) is 2.52. The lowest BCUT2D eigenvalue weighted by Crippen LogP contribution is -2.17. The van der Waals surface area contributed by atoms with Crippen molar-refractivity contribution in [3.05, 3.63) is 52.3 Å². The lowest BCUT2D eigenvalue weighted by Gasteiger charge is -2.06. The van der Waals surface area contributed by atoms with Crippen LogP contribution in [0.3, 0.4) is 0 Å². The molecule has 0 saturated heterocycles. The zero-order chi connectivity index (χ0) is 16.1. The predicted molar refractivity (Wildman–Crippen MR) is 83.7 cm³/mol.